The summed E-state index contributed by atoms with van der Waals surface area (Å²) in [6.07, 6.45) is 3.86. The number of methoxy groups -OCH3 is 1. The molecule has 0 bridgehead atoms. The second-order valence-corrected chi connectivity index (χ2v) is 3.55. The lowest BCUT2D eigenvalue weighted by Gasteiger charge is -2.16. The van der Waals surface area contributed by atoms with E-state index in [0.717, 1.165) is 0 Å². The molecule has 0 fully saturated rings. The maximum Gasteiger partial charge on any atom is 0.199 e. The molecule has 2 rings (SSSR count). The molecule has 2 aromatic heterocycles. The molecule has 0 aromatic carbocycles. The monoisotopic (exact) mass is 238 g/mol. The van der Waals surface area contributed by atoms with Crippen LogP contribution >= 0.6 is 0 Å². The van der Waals surface area contributed by atoms with Crippen molar-refractivity contribution in [3.05, 3.63) is 12.4 Å². The van der Waals surface area contributed by atoms with Crippen molar-refractivity contribution in [3.8, 4) is 0 Å². The summed E-state index contributed by atoms with van der Waals surface area (Å²) in [6, 6.07) is -0.119. The number of hydrogen-bond acceptors (Lipinski definition) is 7. The topological polar surface area (TPSA) is 97.5 Å². The molecule has 0 aliphatic heterocycles. The van der Waals surface area contributed by atoms with E-state index < -0.39 is 0 Å². The van der Waals surface area contributed by atoms with E-state index in [0.29, 0.717) is 24.5 Å². The van der Waals surface area contributed by atoms with E-state index in [4.69, 9.17) is 4.74 Å². The van der Waals surface area contributed by atoms with Crippen molar-refractivity contribution in [2.24, 2.45) is 0 Å². The van der Waals surface area contributed by atoms with E-state index in [2.05, 4.69) is 25.8 Å². The van der Waals surface area contributed by atoms with Gasteiger partial charge in [0.25, 0.3) is 0 Å². The largest absolute Gasteiger partial charge is 0.394 e. The zero-order valence-corrected chi connectivity index (χ0v) is 9.44. The van der Waals surface area contributed by atoms with Gasteiger partial charge in [-0.05, 0) is 16.8 Å². The highest BCUT2D eigenvalue weighted by Gasteiger charge is 2.10. The molecule has 0 spiro atoms. The van der Waals surface area contributed by atoms with Crippen molar-refractivity contribution in [1.29, 1.82) is 0 Å². The first-order chi connectivity index (χ1) is 8.35. The van der Waals surface area contributed by atoms with Crippen LogP contribution in [0, 0.1) is 0 Å². The number of tetrazole rings is 1. The first-order valence-corrected chi connectivity index (χ1v) is 5.23. The van der Waals surface area contributed by atoms with Gasteiger partial charge in [0.1, 0.15) is 0 Å². The predicted octanol–water partition coefficient (Wildman–Crippen LogP) is -0.671. The molecule has 0 saturated heterocycles. The molecule has 17 heavy (non-hydrogen) atoms. The normalized spacial score (nSPS) is 12.8. The Kier molecular flexibility index (Phi) is 3.78. The lowest BCUT2D eigenvalue weighted by molar-refractivity contribution is 0.174. The molecular weight excluding hydrogens is 224 g/mol. The summed E-state index contributed by atoms with van der Waals surface area (Å²) < 4.78 is 6.50. The second kappa shape index (κ2) is 5.51. The summed E-state index contributed by atoms with van der Waals surface area (Å²) in [5.41, 5.74) is 0.554. The zero-order valence-electron chi connectivity index (χ0n) is 9.44. The number of nitrogens with one attached hydrogen (secondary N) is 1. The predicted molar refractivity (Wildman–Crippen MR) is 59.6 cm³/mol. The van der Waals surface area contributed by atoms with Gasteiger partial charge in [0.05, 0.1) is 25.0 Å². The maximum absolute atomic E-state index is 9.24. The number of ether oxygens (including phenoxy) is 1. The summed E-state index contributed by atoms with van der Waals surface area (Å²) in [5.74, 6) is 0.641. The van der Waals surface area contributed by atoms with E-state index >= 15 is 0 Å². The van der Waals surface area contributed by atoms with Crippen LogP contribution in [0.25, 0.3) is 5.65 Å². The second-order valence-electron chi connectivity index (χ2n) is 3.55. The van der Waals surface area contributed by atoms with Gasteiger partial charge in [0, 0.05) is 13.7 Å². The van der Waals surface area contributed by atoms with Crippen LogP contribution in [0.2, 0.25) is 0 Å². The third-order valence-electron chi connectivity index (χ3n) is 2.35. The van der Waals surface area contributed by atoms with Gasteiger partial charge in [0.2, 0.25) is 0 Å². The fraction of sp³-hybridized carbons (Fsp3) is 0.556. The first kappa shape index (κ1) is 11.7. The molecule has 0 amide bonds. The van der Waals surface area contributed by atoms with Gasteiger partial charge in [0.15, 0.2) is 11.5 Å². The number of aliphatic hydroxyl groups is 1. The van der Waals surface area contributed by atoms with Gasteiger partial charge in [-0.25, -0.2) is 0 Å². The van der Waals surface area contributed by atoms with Crippen LogP contribution in [0.5, 0.6) is 0 Å². The smallest absolute Gasteiger partial charge is 0.199 e. The molecular formula is C9H14N6O2. The lowest BCUT2D eigenvalue weighted by Crippen LogP contribution is -2.26. The van der Waals surface area contributed by atoms with Gasteiger partial charge in [-0.15, -0.1) is 5.10 Å². The summed E-state index contributed by atoms with van der Waals surface area (Å²) in [5, 5.41) is 23.5. The number of hydrogen-bond donors (Lipinski definition) is 2. The van der Waals surface area contributed by atoms with E-state index in [1.165, 1.54) is 4.52 Å². The Bertz CT molecular complexity index is 473. The number of nitrogens with zero attached hydrogens (tertiary/aromatic N) is 5. The van der Waals surface area contributed by atoms with Gasteiger partial charge < -0.3 is 15.2 Å². The van der Waals surface area contributed by atoms with Crippen LogP contribution < -0.4 is 5.32 Å². The van der Waals surface area contributed by atoms with E-state index in [1.54, 1.807) is 19.5 Å². The summed E-state index contributed by atoms with van der Waals surface area (Å²) in [6.45, 7) is 0.569. The maximum atomic E-state index is 9.24. The fourth-order valence-corrected chi connectivity index (χ4v) is 1.45. The standard InChI is InChI=1S/C9H14N6O2/c1-17-3-2-7(6-16)11-8-4-10-5-9-12-13-14-15(8)9/h4-5,7,11,16H,2-3,6H2,1H3. The molecule has 8 nitrogen and oxygen atoms in total. The molecule has 2 aromatic rings. The molecule has 1 atom stereocenters. The van der Waals surface area contributed by atoms with Crippen molar-refractivity contribution < 1.29 is 9.84 Å². The average molecular weight is 238 g/mol. The molecule has 2 N–H and O–H groups in total. The molecule has 92 valence electrons. The van der Waals surface area contributed by atoms with Crippen molar-refractivity contribution in [3.63, 3.8) is 0 Å². The van der Waals surface area contributed by atoms with Crippen LogP contribution in [0.3, 0.4) is 0 Å². The minimum atomic E-state index is -0.119. The van der Waals surface area contributed by atoms with Crippen LogP contribution in [0.1, 0.15) is 6.42 Å². The van der Waals surface area contributed by atoms with Gasteiger partial charge in [-0.3, -0.25) is 4.98 Å². The molecule has 0 aliphatic rings. The Morgan fingerprint density at radius 3 is 3.18 bits per heavy atom. The van der Waals surface area contributed by atoms with Gasteiger partial charge >= 0.3 is 0 Å². The quantitative estimate of drug-likeness (QED) is 0.688. The number of anilines is 1. The third kappa shape index (κ3) is 2.66. The lowest BCUT2D eigenvalue weighted by atomic mass is 10.2. The average Bonchev–Trinajstić information content (AvgIpc) is 2.83. The Labute approximate surface area is 97.6 Å². The number of aromatic nitrogens is 5. The molecule has 0 saturated carbocycles. The highest BCUT2D eigenvalue weighted by Crippen LogP contribution is 2.08. The molecule has 0 radical (unpaired) electrons. The van der Waals surface area contributed by atoms with E-state index in [-0.39, 0.29) is 12.6 Å². The highest BCUT2D eigenvalue weighted by atomic mass is 16.5. The highest BCUT2D eigenvalue weighted by molar-refractivity contribution is 5.44. The summed E-state index contributed by atoms with van der Waals surface area (Å²) in [4.78, 5) is 4.01. The Morgan fingerprint density at radius 2 is 2.41 bits per heavy atom. The van der Waals surface area contributed by atoms with Crippen molar-refractivity contribution in [2.45, 2.75) is 12.5 Å². The third-order valence-corrected chi connectivity index (χ3v) is 2.35. The Morgan fingerprint density at radius 1 is 1.53 bits per heavy atom. The minimum Gasteiger partial charge on any atom is -0.394 e. The van der Waals surface area contributed by atoms with Crippen molar-refractivity contribution in [1.82, 2.24) is 25.0 Å². The SMILES string of the molecule is COCCC(CO)Nc1cncc2nnnn12. The van der Waals surface area contributed by atoms with Crippen LogP contribution in [-0.2, 0) is 4.74 Å². The molecule has 8 heteroatoms. The van der Waals surface area contributed by atoms with Crippen LogP contribution in [0.4, 0.5) is 5.82 Å². The molecule has 0 aliphatic carbocycles. The Balaban J connectivity index is 2.13. The van der Waals surface area contributed by atoms with Crippen molar-refractivity contribution in [2.75, 3.05) is 25.6 Å². The number of aliphatic hydroxyl groups excluding tert-OH is 1. The zero-order chi connectivity index (χ0) is 12.1. The molecule has 2 heterocycles. The van der Waals surface area contributed by atoms with E-state index in [9.17, 15) is 5.11 Å². The van der Waals surface area contributed by atoms with Crippen molar-refractivity contribution >= 4 is 11.5 Å². The first-order valence-electron chi connectivity index (χ1n) is 5.23. The molecule has 1 unspecified atom stereocenters. The number of fused-ring (bicyclic) bond motifs is 1. The van der Waals surface area contributed by atoms with Crippen LogP contribution in [0.15, 0.2) is 12.4 Å². The summed E-state index contributed by atoms with van der Waals surface area (Å²) >= 11 is 0. The Hall–Kier alpha value is -1.80. The number of rotatable bonds is 6. The van der Waals surface area contributed by atoms with Crippen LogP contribution in [-0.4, -0.2) is 56.5 Å². The minimum absolute atomic E-state index is 0.00186. The van der Waals surface area contributed by atoms with Gasteiger partial charge in [-0.1, -0.05) is 0 Å². The van der Waals surface area contributed by atoms with Gasteiger partial charge in [-0.2, -0.15) is 4.52 Å². The van der Waals surface area contributed by atoms with E-state index in [1.807, 2.05) is 0 Å². The summed E-state index contributed by atoms with van der Waals surface area (Å²) in [7, 11) is 1.62. The fourth-order valence-electron chi connectivity index (χ4n) is 1.45.